The molecule has 1 aliphatic rings. The van der Waals surface area contributed by atoms with E-state index in [-0.39, 0.29) is 36.6 Å². The van der Waals surface area contributed by atoms with Gasteiger partial charge in [-0.2, -0.15) is 0 Å². The van der Waals surface area contributed by atoms with E-state index in [1.165, 1.54) is 11.3 Å². The van der Waals surface area contributed by atoms with E-state index in [9.17, 15) is 4.79 Å². The largest absolute Gasteiger partial charge is 0.371 e. The Morgan fingerprint density at radius 3 is 2.81 bits per heavy atom. The van der Waals surface area contributed by atoms with Crippen molar-refractivity contribution in [3.63, 3.8) is 0 Å². The molecule has 1 atom stereocenters. The highest BCUT2D eigenvalue weighted by molar-refractivity contribution is 5.85. The van der Waals surface area contributed by atoms with Crippen molar-refractivity contribution in [1.29, 1.82) is 0 Å². The molecule has 1 amide bonds. The molecule has 1 heterocycles. The van der Waals surface area contributed by atoms with Crippen LogP contribution in [0.3, 0.4) is 0 Å². The van der Waals surface area contributed by atoms with Crippen molar-refractivity contribution in [3.05, 3.63) is 29.8 Å². The highest BCUT2D eigenvalue weighted by atomic mass is 35.5. The van der Waals surface area contributed by atoms with Crippen molar-refractivity contribution in [2.75, 3.05) is 31.1 Å². The Kier molecular flexibility index (Phi) is 9.42. The number of para-hydroxylation sites is 1. The molecule has 0 spiro atoms. The van der Waals surface area contributed by atoms with Gasteiger partial charge in [0, 0.05) is 37.8 Å². The molecule has 0 radical (unpaired) electrons. The Hall–Kier alpha value is -0.970. The molecule has 2 rings (SSSR count). The number of nitrogens with two attached hydrogens (primary N) is 1. The lowest BCUT2D eigenvalue weighted by molar-refractivity contribution is -0.124. The maximum Gasteiger partial charge on any atom is 0.224 e. The summed E-state index contributed by atoms with van der Waals surface area (Å²) in [5, 5.41) is 2.94. The molecule has 0 bridgehead atoms. The third-order valence-corrected chi connectivity index (χ3v) is 3.69. The number of anilines is 1. The normalized spacial score (nSPS) is 13.7. The van der Waals surface area contributed by atoms with E-state index in [1.54, 1.807) is 0 Å². The average Bonchev–Trinajstić information content (AvgIpc) is 2.86. The van der Waals surface area contributed by atoms with Crippen molar-refractivity contribution >= 4 is 36.4 Å². The van der Waals surface area contributed by atoms with Crippen LogP contribution >= 0.6 is 24.8 Å². The summed E-state index contributed by atoms with van der Waals surface area (Å²) < 4.78 is 0. The summed E-state index contributed by atoms with van der Waals surface area (Å²) in [6.45, 7) is 5.07. The third kappa shape index (κ3) is 5.38. The summed E-state index contributed by atoms with van der Waals surface area (Å²) in [7, 11) is 0. The van der Waals surface area contributed by atoms with Gasteiger partial charge in [-0.1, -0.05) is 25.1 Å². The zero-order valence-corrected chi connectivity index (χ0v) is 14.0. The second kappa shape index (κ2) is 9.87. The van der Waals surface area contributed by atoms with Gasteiger partial charge in [0.15, 0.2) is 0 Å². The van der Waals surface area contributed by atoms with Gasteiger partial charge in [0.1, 0.15) is 0 Å². The summed E-state index contributed by atoms with van der Waals surface area (Å²) in [6, 6.07) is 8.55. The van der Waals surface area contributed by atoms with E-state index in [4.69, 9.17) is 5.73 Å². The Balaban J connectivity index is 0.00000200. The van der Waals surface area contributed by atoms with Crippen LogP contribution in [-0.4, -0.2) is 32.1 Å². The second-order valence-corrected chi connectivity index (χ2v) is 5.15. The zero-order valence-electron chi connectivity index (χ0n) is 12.4. The number of carbonyl (C=O) groups is 1. The van der Waals surface area contributed by atoms with Crippen LogP contribution in [0, 0.1) is 5.92 Å². The molecule has 0 fully saturated rings. The first-order chi connectivity index (χ1) is 9.22. The van der Waals surface area contributed by atoms with Crippen molar-refractivity contribution in [3.8, 4) is 0 Å². The number of benzene rings is 1. The lowest BCUT2D eigenvalue weighted by Crippen LogP contribution is -2.35. The minimum absolute atomic E-state index is 0. The van der Waals surface area contributed by atoms with E-state index in [1.807, 2.05) is 6.92 Å². The Bertz CT molecular complexity index is 443. The van der Waals surface area contributed by atoms with E-state index < -0.39 is 0 Å². The van der Waals surface area contributed by atoms with Crippen LogP contribution < -0.4 is 16.0 Å². The summed E-state index contributed by atoms with van der Waals surface area (Å²) in [5.41, 5.74) is 8.25. The highest BCUT2D eigenvalue weighted by Crippen LogP contribution is 2.27. The van der Waals surface area contributed by atoms with E-state index in [0.29, 0.717) is 6.54 Å². The number of hydrogen-bond donors (Lipinski definition) is 2. The topological polar surface area (TPSA) is 58.4 Å². The summed E-state index contributed by atoms with van der Waals surface area (Å²) >= 11 is 0. The van der Waals surface area contributed by atoms with Crippen molar-refractivity contribution in [2.24, 2.45) is 11.7 Å². The maximum absolute atomic E-state index is 11.6. The molecule has 4 nitrogen and oxygen atoms in total. The van der Waals surface area contributed by atoms with Crippen molar-refractivity contribution in [1.82, 2.24) is 5.32 Å². The van der Waals surface area contributed by atoms with Gasteiger partial charge < -0.3 is 16.0 Å². The van der Waals surface area contributed by atoms with Crippen LogP contribution in [0.25, 0.3) is 0 Å². The first-order valence-electron chi connectivity index (χ1n) is 7.03. The van der Waals surface area contributed by atoms with E-state index in [2.05, 4.69) is 34.5 Å². The number of fused-ring (bicyclic) bond motifs is 1. The second-order valence-electron chi connectivity index (χ2n) is 5.15. The van der Waals surface area contributed by atoms with Gasteiger partial charge in [-0.3, -0.25) is 4.79 Å². The number of amides is 1. The van der Waals surface area contributed by atoms with Crippen LogP contribution in [0.4, 0.5) is 5.69 Å². The minimum atomic E-state index is -0.0903. The number of carbonyl (C=O) groups excluding carboxylic acids is 1. The van der Waals surface area contributed by atoms with Gasteiger partial charge in [0.2, 0.25) is 5.91 Å². The molecule has 6 heteroatoms. The molecule has 120 valence electrons. The fourth-order valence-electron chi connectivity index (χ4n) is 2.40. The SMILES string of the molecule is CC(CN)C(=O)NCCCN1CCc2ccccc21.Cl.Cl. The monoisotopic (exact) mass is 333 g/mol. The number of halogens is 2. The molecule has 0 aromatic heterocycles. The Morgan fingerprint density at radius 2 is 2.10 bits per heavy atom. The van der Waals surface area contributed by atoms with Gasteiger partial charge >= 0.3 is 0 Å². The van der Waals surface area contributed by atoms with Crippen LogP contribution in [0.5, 0.6) is 0 Å². The summed E-state index contributed by atoms with van der Waals surface area (Å²) in [6.07, 6.45) is 2.10. The maximum atomic E-state index is 11.6. The molecular weight excluding hydrogens is 309 g/mol. The first-order valence-corrected chi connectivity index (χ1v) is 7.03. The number of hydrogen-bond acceptors (Lipinski definition) is 3. The van der Waals surface area contributed by atoms with Crippen LogP contribution in [0.1, 0.15) is 18.9 Å². The molecule has 1 aliphatic heterocycles. The van der Waals surface area contributed by atoms with Crippen LogP contribution in [0.15, 0.2) is 24.3 Å². The van der Waals surface area contributed by atoms with E-state index in [0.717, 1.165) is 32.5 Å². The molecule has 3 N–H and O–H groups in total. The quantitative estimate of drug-likeness (QED) is 0.783. The van der Waals surface area contributed by atoms with Gasteiger partial charge in [0.25, 0.3) is 0 Å². The molecule has 1 aromatic rings. The standard InChI is InChI=1S/C15H23N3O.2ClH/c1-12(11-16)15(19)17-8-4-9-18-10-7-13-5-2-3-6-14(13)18;;/h2-3,5-6,12H,4,7-11,16H2,1H3,(H,17,19);2*1H. The molecular formula is C15H25Cl2N3O. The lowest BCUT2D eigenvalue weighted by Gasteiger charge is -2.19. The number of rotatable bonds is 6. The highest BCUT2D eigenvalue weighted by Gasteiger charge is 2.17. The Labute approximate surface area is 139 Å². The molecule has 0 aliphatic carbocycles. The number of nitrogens with one attached hydrogen (secondary N) is 1. The summed E-state index contributed by atoms with van der Waals surface area (Å²) in [5.74, 6) is -0.0307. The fourth-order valence-corrected chi connectivity index (χ4v) is 2.40. The van der Waals surface area contributed by atoms with E-state index >= 15 is 0 Å². The molecule has 21 heavy (non-hydrogen) atoms. The van der Waals surface area contributed by atoms with Gasteiger partial charge in [-0.05, 0) is 24.5 Å². The zero-order chi connectivity index (χ0) is 13.7. The predicted molar refractivity (Wildman–Crippen MR) is 92.7 cm³/mol. The predicted octanol–water partition coefficient (Wildman–Crippen LogP) is 1.99. The molecule has 0 saturated carbocycles. The van der Waals surface area contributed by atoms with Crippen molar-refractivity contribution in [2.45, 2.75) is 19.8 Å². The fraction of sp³-hybridized carbons (Fsp3) is 0.533. The third-order valence-electron chi connectivity index (χ3n) is 3.69. The van der Waals surface area contributed by atoms with Gasteiger partial charge in [-0.25, -0.2) is 0 Å². The van der Waals surface area contributed by atoms with Crippen LogP contribution in [-0.2, 0) is 11.2 Å². The van der Waals surface area contributed by atoms with Gasteiger partial charge in [0.05, 0.1) is 0 Å². The lowest BCUT2D eigenvalue weighted by atomic mass is 10.1. The summed E-state index contributed by atoms with van der Waals surface area (Å²) in [4.78, 5) is 14.0. The van der Waals surface area contributed by atoms with Crippen LogP contribution in [0.2, 0.25) is 0 Å². The first kappa shape index (κ1) is 20.0. The molecule has 0 saturated heterocycles. The average molecular weight is 334 g/mol. The smallest absolute Gasteiger partial charge is 0.224 e. The molecule has 1 aromatic carbocycles. The Morgan fingerprint density at radius 1 is 1.38 bits per heavy atom. The molecule has 1 unspecified atom stereocenters. The van der Waals surface area contributed by atoms with Crippen molar-refractivity contribution < 1.29 is 4.79 Å². The number of nitrogens with zero attached hydrogens (tertiary/aromatic N) is 1. The minimum Gasteiger partial charge on any atom is -0.371 e. The van der Waals surface area contributed by atoms with Gasteiger partial charge in [-0.15, -0.1) is 24.8 Å².